The summed E-state index contributed by atoms with van der Waals surface area (Å²) in [6, 6.07) is 8.72. The summed E-state index contributed by atoms with van der Waals surface area (Å²) in [5.41, 5.74) is 0.773. The molecular formula is C20H18N2O6S. The Bertz CT molecular complexity index is 1050. The normalized spacial score (nSPS) is 16.6. The molecule has 8 nitrogen and oxygen atoms in total. The van der Waals surface area contributed by atoms with Crippen LogP contribution in [0.2, 0.25) is 0 Å². The van der Waals surface area contributed by atoms with Crippen molar-refractivity contribution >= 4 is 40.6 Å². The lowest BCUT2D eigenvalue weighted by Crippen LogP contribution is -2.23. The number of thioether (sulfide) groups is 1. The zero-order valence-corrected chi connectivity index (χ0v) is 16.4. The summed E-state index contributed by atoms with van der Waals surface area (Å²) in [6.45, 7) is 2.20. The van der Waals surface area contributed by atoms with E-state index in [9.17, 15) is 19.8 Å². The largest absolute Gasteiger partial charge is 0.507 e. The lowest BCUT2D eigenvalue weighted by molar-refractivity contribution is -0.121. The summed E-state index contributed by atoms with van der Waals surface area (Å²) in [5.74, 6) is -1.56. The summed E-state index contributed by atoms with van der Waals surface area (Å²) >= 11 is 1.14. The molecule has 9 heteroatoms. The Morgan fingerprint density at radius 1 is 1.21 bits per heavy atom. The van der Waals surface area contributed by atoms with Crippen LogP contribution in [0.1, 0.15) is 22.8 Å². The average Bonchev–Trinajstić information content (AvgIpc) is 2.92. The highest BCUT2D eigenvalue weighted by molar-refractivity contribution is 8.18. The van der Waals surface area contributed by atoms with E-state index in [0.717, 1.165) is 11.8 Å². The van der Waals surface area contributed by atoms with Crippen LogP contribution >= 0.6 is 11.8 Å². The first-order valence-corrected chi connectivity index (χ1v) is 9.40. The van der Waals surface area contributed by atoms with Crippen LogP contribution in [-0.2, 0) is 4.79 Å². The summed E-state index contributed by atoms with van der Waals surface area (Å²) in [7, 11) is 1.57. The van der Waals surface area contributed by atoms with Crippen molar-refractivity contribution in [1.82, 2.24) is 4.90 Å². The van der Waals surface area contributed by atoms with Crippen molar-refractivity contribution < 1.29 is 29.6 Å². The standard InChI is InChI=1S/C20H18N2O6S/c1-3-28-16-8-11(4-7-14(16)23)9-17-18(25)22(2)20(29-17)21-12-5-6-13(19(26)27)15(24)10-12/h4-10,23-24H,3H2,1-2H3,(H,26,27)/b17-9-,21-20?. The second-order valence-corrected chi connectivity index (χ2v) is 7.05. The predicted octanol–water partition coefficient (Wildman–Crippen LogP) is 3.43. The molecule has 2 aromatic rings. The fraction of sp³-hybridized carbons (Fsp3) is 0.150. The molecule has 2 aromatic carbocycles. The third-order valence-electron chi connectivity index (χ3n) is 4.02. The highest BCUT2D eigenvalue weighted by Gasteiger charge is 2.30. The van der Waals surface area contributed by atoms with Gasteiger partial charge in [-0.15, -0.1) is 0 Å². The van der Waals surface area contributed by atoms with Crippen molar-refractivity contribution in [1.29, 1.82) is 0 Å². The van der Waals surface area contributed by atoms with Crippen LogP contribution in [0.25, 0.3) is 6.08 Å². The van der Waals surface area contributed by atoms with Crippen LogP contribution in [0.15, 0.2) is 46.3 Å². The highest BCUT2D eigenvalue weighted by atomic mass is 32.2. The molecule has 1 amide bonds. The molecule has 1 aliphatic rings. The zero-order valence-electron chi connectivity index (χ0n) is 15.6. The summed E-state index contributed by atoms with van der Waals surface area (Å²) in [5, 5.41) is 29.0. The Morgan fingerprint density at radius 3 is 2.62 bits per heavy atom. The van der Waals surface area contributed by atoms with Crippen molar-refractivity contribution in [3.05, 3.63) is 52.4 Å². The molecule has 1 aliphatic heterocycles. The Balaban J connectivity index is 1.89. The number of phenols is 2. The van der Waals surface area contributed by atoms with Gasteiger partial charge in [-0.3, -0.25) is 9.69 Å². The number of hydrogen-bond acceptors (Lipinski definition) is 7. The number of benzene rings is 2. The number of carboxylic acid groups (broad SMARTS) is 1. The first-order chi connectivity index (χ1) is 13.8. The van der Waals surface area contributed by atoms with E-state index in [1.165, 1.54) is 29.2 Å². The second kappa shape index (κ2) is 8.27. The number of carboxylic acids is 1. The van der Waals surface area contributed by atoms with Gasteiger partial charge in [-0.25, -0.2) is 9.79 Å². The third kappa shape index (κ3) is 4.35. The molecule has 3 N–H and O–H groups in total. The Kier molecular flexibility index (Phi) is 5.79. The number of aliphatic imine (C=N–C) groups is 1. The van der Waals surface area contributed by atoms with Crippen molar-refractivity contribution in [3.8, 4) is 17.2 Å². The third-order valence-corrected chi connectivity index (χ3v) is 5.08. The van der Waals surface area contributed by atoms with Gasteiger partial charge in [-0.2, -0.15) is 0 Å². The summed E-state index contributed by atoms with van der Waals surface area (Å²) < 4.78 is 5.36. The van der Waals surface area contributed by atoms with Gasteiger partial charge in [-0.1, -0.05) is 6.07 Å². The van der Waals surface area contributed by atoms with Crippen molar-refractivity contribution in [2.75, 3.05) is 13.7 Å². The zero-order chi connectivity index (χ0) is 21.1. The van der Waals surface area contributed by atoms with Gasteiger partial charge < -0.3 is 20.1 Å². The lowest BCUT2D eigenvalue weighted by Gasteiger charge is -2.08. The van der Waals surface area contributed by atoms with E-state index in [4.69, 9.17) is 9.84 Å². The monoisotopic (exact) mass is 414 g/mol. The maximum atomic E-state index is 12.5. The van der Waals surface area contributed by atoms with Gasteiger partial charge >= 0.3 is 5.97 Å². The van der Waals surface area contributed by atoms with Gasteiger partial charge in [0.2, 0.25) is 0 Å². The van der Waals surface area contributed by atoms with E-state index in [1.54, 1.807) is 32.2 Å². The molecule has 1 saturated heterocycles. The Morgan fingerprint density at radius 2 is 1.97 bits per heavy atom. The lowest BCUT2D eigenvalue weighted by atomic mass is 10.2. The number of amidine groups is 1. The molecule has 150 valence electrons. The number of amides is 1. The quantitative estimate of drug-likeness (QED) is 0.641. The van der Waals surface area contributed by atoms with Crippen LogP contribution < -0.4 is 4.74 Å². The molecule has 0 radical (unpaired) electrons. The van der Waals surface area contributed by atoms with E-state index >= 15 is 0 Å². The van der Waals surface area contributed by atoms with Crippen LogP contribution in [0.4, 0.5) is 5.69 Å². The number of aromatic carboxylic acids is 1. The van der Waals surface area contributed by atoms with Crippen LogP contribution in [0.5, 0.6) is 17.2 Å². The summed E-state index contributed by atoms with van der Waals surface area (Å²) in [4.78, 5) is 29.7. The van der Waals surface area contributed by atoms with E-state index < -0.39 is 11.7 Å². The van der Waals surface area contributed by atoms with Crippen molar-refractivity contribution in [3.63, 3.8) is 0 Å². The number of aromatic hydroxyl groups is 2. The molecule has 0 atom stereocenters. The van der Waals surface area contributed by atoms with Crippen LogP contribution in [0.3, 0.4) is 0 Å². The first kappa shape index (κ1) is 20.3. The minimum Gasteiger partial charge on any atom is -0.507 e. The molecule has 0 saturated carbocycles. The molecule has 0 bridgehead atoms. The number of hydrogen-bond donors (Lipinski definition) is 3. The molecule has 0 aliphatic carbocycles. The topological polar surface area (TPSA) is 120 Å². The SMILES string of the molecule is CCOc1cc(/C=C2\SC(=Nc3ccc(C(=O)O)c(O)c3)N(C)C2=O)ccc1O. The van der Waals surface area contributed by atoms with Crippen molar-refractivity contribution in [2.45, 2.75) is 6.92 Å². The summed E-state index contributed by atoms with van der Waals surface area (Å²) in [6.07, 6.45) is 1.67. The Labute approximate surface area is 170 Å². The second-order valence-electron chi connectivity index (χ2n) is 6.04. The number of ether oxygens (including phenoxy) is 1. The number of phenolic OH excluding ortho intramolecular Hbond substituents is 1. The fourth-order valence-electron chi connectivity index (χ4n) is 2.58. The molecule has 0 spiro atoms. The van der Waals surface area contributed by atoms with E-state index in [2.05, 4.69) is 4.99 Å². The minimum absolute atomic E-state index is 0.0170. The molecule has 3 rings (SSSR count). The van der Waals surface area contributed by atoms with E-state index in [-0.39, 0.29) is 17.2 Å². The van der Waals surface area contributed by atoms with Gasteiger partial charge in [0, 0.05) is 13.1 Å². The molecule has 1 heterocycles. The molecule has 0 unspecified atom stereocenters. The highest BCUT2D eigenvalue weighted by Crippen LogP contribution is 2.35. The van der Waals surface area contributed by atoms with Gasteiger partial charge in [0.05, 0.1) is 17.2 Å². The number of rotatable bonds is 5. The van der Waals surface area contributed by atoms with Crippen molar-refractivity contribution in [2.24, 2.45) is 4.99 Å². The predicted molar refractivity (Wildman–Crippen MR) is 110 cm³/mol. The van der Waals surface area contributed by atoms with Crippen LogP contribution in [-0.4, -0.2) is 50.9 Å². The molecular weight excluding hydrogens is 396 g/mol. The number of carbonyl (C=O) groups is 2. The maximum absolute atomic E-state index is 12.5. The smallest absolute Gasteiger partial charge is 0.339 e. The van der Waals surface area contributed by atoms with Gasteiger partial charge in [0.25, 0.3) is 5.91 Å². The van der Waals surface area contributed by atoms with Gasteiger partial charge in [0.1, 0.15) is 11.3 Å². The molecule has 1 fully saturated rings. The molecule has 0 aromatic heterocycles. The average molecular weight is 414 g/mol. The Hall–Kier alpha value is -3.46. The number of nitrogens with zero attached hydrogens (tertiary/aromatic N) is 2. The van der Waals surface area contributed by atoms with Crippen LogP contribution in [0, 0.1) is 0 Å². The van der Waals surface area contributed by atoms with Gasteiger partial charge in [0.15, 0.2) is 16.7 Å². The number of likely N-dealkylation sites (N-methyl/N-ethyl adjacent to an activating group) is 1. The minimum atomic E-state index is -1.24. The number of carbonyl (C=O) groups excluding carboxylic acids is 1. The van der Waals surface area contributed by atoms with E-state index in [0.29, 0.717) is 33.7 Å². The first-order valence-electron chi connectivity index (χ1n) is 8.58. The van der Waals surface area contributed by atoms with Gasteiger partial charge in [-0.05, 0) is 54.6 Å². The maximum Gasteiger partial charge on any atom is 0.339 e. The molecule has 29 heavy (non-hydrogen) atoms. The van der Waals surface area contributed by atoms with E-state index in [1.807, 2.05) is 0 Å². The fourth-order valence-corrected chi connectivity index (χ4v) is 3.56.